The highest BCUT2D eigenvalue weighted by Crippen LogP contribution is 2.31. The number of nitrogens with one attached hydrogen (secondary N) is 1. The molecule has 0 saturated heterocycles. The van der Waals surface area contributed by atoms with Gasteiger partial charge in [-0.05, 0) is 55.3 Å². The first-order valence-electron chi connectivity index (χ1n) is 9.97. The lowest BCUT2D eigenvalue weighted by Crippen LogP contribution is -2.09. The van der Waals surface area contributed by atoms with Crippen molar-refractivity contribution in [1.82, 2.24) is 19.9 Å². The van der Waals surface area contributed by atoms with Gasteiger partial charge in [-0.3, -0.25) is 4.79 Å². The molecule has 0 aliphatic rings. The first-order chi connectivity index (χ1) is 15.8. The van der Waals surface area contributed by atoms with Crippen LogP contribution in [0.1, 0.15) is 27.3 Å². The van der Waals surface area contributed by atoms with Crippen molar-refractivity contribution in [1.29, 1.82) is 0 Å². The molecule has 9 heteroatoms. The number of benzene rings is 1. The summed E-state index contributed by atoms with van der Waals surface area (Å²) in [5, 5.41) is 3.28. The van der Waals surface area contributed by atoms with E-state index in [1.54, 1.807) is 37.6 Å². The number of hydrogen-bond donors (Lipinski definition) is 1. The lowest BCUT2D eigenvalue weighted by atomic mass is 9.95. The molecule has 6 nitrogen and oxygen atoms in total. The molecule has 0 bridgehead atoms. The normalized spacial score (nSPS) is 10.8. The van der Waals surface area contributed by atoms with Gasteiger partial charge in [0.25, 0.3) is 0 Å². The molecule has 0 aliphatic heterocycles. The number of aryl methyl sites for hydroxylation is 1. The van der Waals surface area contributed by atoms with E-state index < -0.39 is 17.4 Å². The van der Waals surface area contributed by atoms with Crippen LogP contribution in [0.3, 0.4) is 0 Å². The highest BCUT2D eigenvalue weighted by atomic mass is 35.5. The van der Waals surface area contributed by atoms with Gasteiger partial charge in [0.2, 0.25) is 0 Å². The summed E-state index contributed by atoms with van der Waals surface area (Å²) in [5.74, 6) is -0.394. The summed E-state index contributed by atoms with van der Waals surface area (Å²) >= 11 is 6.28. The van der Waals surface area contributed by atoms with Crippen LogP contribution in [-0.4, -0.2) is 25.7 Å². The number of anilines is 2. The van der Waals surface area contributed by atoms with E-state index in [0.717, 1.165) is 28.8 Å². The van der Waals surface area contributed by atoms with Gasteiger partial charge in [0.15, 0.2) is 5.78 Å². The van der Waals surface area contributed by atoms with Crippen molar-refractivity contribution in [3.05, 3.63) is 94.3 Å². The predicted molar refractivity (Wildman–Crippen MR) is 122 cm³/mol. The fraction of sp³-hybridized carbons (Fsp3) is 0.125. The summed E-state index contributed by atoms with van der Waals surface area (Å²) in [4.78, 5) is 29.6. The fourth-order valence-corrected chi connectivity index (χ4v) is 3.66. The molecule has 4 rings (SSSR count). The predicted octanol–water partition coefficient (Wildman–Crippen LogP) is 5.65. The van der Waals surface area contributed by atoms with Crippen molar-refractivity contribution in [2.75, 3.05) is 5.32 Å². The van der Waals surface area contributed by atoms with Crippen LogP contribution in [0.5, 0.6) is 0 Å². The van der Waals surface area contributed by atoms with Crippen LogP contribution < -0.4 is 5.32 Å². The molecule has 3 aromatic heterocycles. The summed E-state index contributed by atoms with van der Waals surface area (Å²) in [6, 6.07) is 8.21. The molecule has 0 spiro atoms. The number of pyridine rings is 2. The van der Waals surface area contributed by atoms with E-state index in [9.17, 15) is 13.6 Å². The fourth-order valence-electron chi connectivity index (χ4n) is 3.40. The molecule has 3 heterocycles. The van der Waals surface area contributed by atoms with Crippen molar-refractivity contribution < 1.29 is 13.6 Å². The summed E-state index contributed by atoms with van der Waals surface area (Å²) in [6.45, 7) is 3.60. The number of ketones is 1. The second-order valence-corrected chi connectivity index (χ2v) is 7.69. The van der Waals surface area contributed by atoms with Crippen molar-refractivity contribution in [2.45, 2.75) is 20.3 Å². The van der Waals surface area contributed by atoms with E-state index in [0.29, 0.717) is 29.1 Å². The van der Waals surface area contributed by atoms with Crippen LogP contribution in [0.2, 0.25) is 5.15 Å². The summed E-state index contributed by atoms with van der Waals surface area (Å²) < 4.78 is 27.3. The molecule has 0 unspecified atom stereocenters. The van der Waals surface area contributed by atoms with Crippen LogP contribution in [0.15, 0.2) is 55.0 Å². The lowest BCUT2D eigenvalue weighted by Gasteiger charge is -2.14. The van der Waals surface area contributed by atoms with Gasteiger partial charge in [0.05, 0.1) is 5.56 Å². The number of nitrogens with zero attached hydrogens (tertiary/aromatic N) is 4. The Morgan fingerprint density at radius 1 is 1.00 bits per heavy atom. The third-order valence-corrected chi connectivity index (χ3v) is 5.41. The maximum absolute atomic E-state index is 14.1. The Kier molecular flexibility index (Phi) is 6.37. The number of Topliss-reactive ketones (excluding diaryl/α,β-unsaturated/α-hetero) is 1. The van der Waals surface area contributed by atoms with E-state index in [2.05, 4.69) is 25.3 Å². The molecular weight excluding hydrogens is 448 g/mol. The molecule has 0 radical (unpaired) electrons. The summed E-state index contributed by atoms with van der Waals surface area (Å²) in [6.07, 6.45) is 4.72. The van der Waals surface area contributed by atoms with Gasteiger partial charge in [-0.2, -0.15) is 0 Å². The molecule has 1 N–H and O–H groups in total. The lowest BCUT2D eigenvalue weighted by molar-refractivity contribution is 0.0988. The standard InChI is InChI=1S/C24H18ClF2N5O/c1-13-18(11-21(33)17-4-3-16(26)10-20(17)27)24(25)30-12-19(13)15-5-7-29-23(9-15)32-22-6-8-28-14(2)31-22/h3-10,12H,11H2,1-2H3,(H,28,29,31,32). The smallest absolute Gasteiger partial charge is 0.170 e. The minimum Gasteiger partial charge on any atom is -0.325 e. The Hall–Kier alpha value is -3.78. The monoisotopic (exact) mass is 465 g/mol. The van der Waals surface area contributed by atoms with Crippen LogP contribution in [0.25, 0.3) is 11.1 Å². The zero-order valence-electron chi connectivity index (χ0n) is 17.7. The van der Waals surface area contributed by atoms with Crippen molar-refractivity contribution >= 4 is 29.0 Å². The molecule has 166 valence electrons. The Morgan fingerprint density at radius 3 is 2.55 bits per heavy atom. The maximum Gasteiger partial charge on any atom is 0.170 e. The highest BCUT2D eigenvalue weighted by Gasteiger charge is 2.19. The molecule has 0 atom stereocenters. The number of carbonyl (C=O) groups is 1. The van der Waals surface area contributed by atoms with E-state index in [1.807, 2.05) is 13.0 Å². The summed E-state index contributed by atoms with van der Waals surface area (Å²) in [5.41, 5.74) is 2.53. The average Bonchev–Trinajstić information content (AvgIpc) is 2.77. The number of rotatable bonds is 6. The third-order valence-electron chi connectivity index (χ3n) is 5.08. The largest absolute Gasteiger partial charge is 0.325 e. The molecule has 4 aromatic rings. The molecule has 33 heavy (non-hydrogen) atoms. The molecular formula is C24H18ClF2N5O. The first-order valence-corrected chi connectivity index (χ1v) is 10.3. The van der Waals surface area contributed by atoms with Crippen molar-refractivity contribution in [3.63, 3.8) is 0 Å². The minimum atomic E-state index is -0.914. The highest BCUT2D eigenvalue weighted by molar-refractivity contribution is 6.30. The topological polar surface area (TPSA) is 80.7 Å². The van der Waals surface area contributed by atoms with Crippen LogP contribution in [0.4, 0.5) is 20.4 Å². The second-order valence-electron chi connectivity index (χ2n) is 7.33. The second kappa shape index (κ2) is 9.38. The van der Waals surface area contributed by atoms with Crippen LogP contribution >= 0.6 is 11.6 Å². The Morgan fingerprint density at radius 2 is 1.79 bits per heavy atom. The molecule has 0 fully saturated rings. The SMILES string of the molecule is Cc1nccc(Nc2cc(-c3cnc(Cl)c(CC(=O)c4ccc(F)cc4F)c3C)ccn2)n1. The minimum absolute atomic E-state index is 0.149. The zero-order valence-corrected chi connectivity index (χ0v) is 18.5. The van der Waals surface area contributed by atoms with Gasteiger partial charge >= 0.3 is 0 Å². The van der Waals surface area contributed by atoms with E-state index in [4.69, 9.17) is 11.6 Å². The van der Waals surface area contributed by atoms with E-state index >= 15 is 0 Å². The van der Waals surface area contributed by atoms with Gasteiger partial charge < -0.3 is 5.32 Å². The van der Waals surface area contributed by atoms with Crippen LogP contribution in [-0.2, 0) is 6.42 Å². The molecule has 0 saturated carbocycles. The van der Waals surface area contributed by atoms with E-state index in [1.165, 1.54) is 0 Å². The first kappa shape index (κ1) is 22.4. The molecule has 0 amide bonds. The molecule has 1 aromatic carbocycles. The van der Waals surface area contributed by atoms with E-state index in [-0.39, 0.29) is 17.1 Å². The Labute approximate surface area is 193 Å². The number of aromatic nitrogens is 4. The number of carbonyl (C=O) groups excluding carboxylic acids is 1. The van der Waals surface area contributed by atoms with Crippen LogP contribution in [0, 0.1) is 25.5 Å². The third kappa shape index (κ3) is 5.01. The van der Waals surface area contributed by atoms with Gasteiger partial charge in [0, 0.05) is 42.2 Å². The Bertz CT molecular complexity index is 1360. The van der Waals surface area contributed by atoms with Crippen molar-refractivity contribution in [2.24, 2.45) is 0 Å². The van der Waals surface area contributed by atoms with Gasteiger partial charge in [-0.25, -0.2) is 28.7 Å². The number of hydrogen-bond acceptors (Lipinski definition) is 6. The van der Waals surface area contributed by atoms with Crippen molar-refractivity contribution in [3.8, 4) is 11.1 Å². The maximum atomic E-state index is 14.1. The van der Waals surface area contributed by atoms with Gasteiger partial charge in [-0.1, -0.05) is 11.6 Å². The van der Waals surface area contributed by atoms with Gasteiger partial charge in [0.1, 0.15) is 34.2 Å². The number of halogens is 3. The Balaban J connectivity index is 1.65. The van der Waals surface area contributed by atoms with Gasteiger partial charge in [-0.15, -0.1) is 0 Å². The molecule has 0 aliphatic carbocycles. The average molecular weight is 466 g/mol. The quantitative estimate of drug-likeness (QED) is 0.293. The zero-order chi connectivity index (χ0) is 23.5. The summed E-state index contributed by atoms with van der Waals surface area (Å²) in [7, 11) is 0.